The summed E-state index contributed by atoms with van der Waals surface area (Å²) in [6.07, 6.45) is 5.88. The molecule has 82 valence electrons. The van der Waals surface area contributed by atoms with Crippen molar-refractivity contribution in [3.8, 4) is 0 Å². The Hall–Kier alpha value is -0.790. The van der Waals surface area contributed by atoms with Crippen molar-refractivity contribution in [3.05, 3.63) is 12.2 Å². The van der Waals surface area contributed by atoms with Gasteiger partial charge in [0.1, 0.15) is 0 Å². The minimum atomic E-state index is -0.233. The average molecular weight is 198 g/mol. The van der Waals surface area contributed by atoms with Crippen molar-refractivity contribution in [3.63, 3.8) is 0 Å². The number of carbonyl (C=O) groups is 1. The lowest BCUT2D eigenvalue weighted by molar-refractivity contribution is -0.137. The molecule has 0 heterocycles. The molecule has 2 unspecified atom stereocenters. The van der Waals surface area contributed by atoms with E-state index in [-0.39, 0.29) is 5.97 Å². The van der Waals surface area contributed by atoms with Gasteiger partial charge in [0.15, 0.2) is 0 Å². The van der Waals surface area contributed by atoms with E-state index in [0.29, 0.717) is 18.4 Å². The maximum Gasteiger partial charge on any atom is 0.330 e. The van der Waals surface area contributed by atoms with Gasteiger partial charge in [-0.3, -0.25) is 0 Å². The largest absolute Gasteiger partial charge is 0.463 e. The minimum Gasteiger partial charge on any atom is -0.463 e. The van der Waals surface area contributed by atoms with Gasteiger partial charge >= 0.3 is 5.97 Å². The fraction of sp³-hybridized carbons (Fsp3) is 0.750. The van der Waals surface area contributed by atoms with Gasteiger partial charge in [-0.05, 0) is 18.8 Å². The van der Waals surface area contributed by atoms with E-state index in [1.165, 1.54) is 12.8 Å². The first kappa shape index (κ1) is 13.2. The van der Waals surface area contributed by atoms with Crippen LogP contribution in [-0.2, 0) is 9.53 Å². The molecular formula is C12H22O2. The summed E-state index contributed by atoms with van der Waals surface area (Å²) in [5.41, 5.74) is 0. The topological polar surface area (TPSA) is 26.3 Å². The molecule has 0 aromatic heterocycles. The molecule has 0 N–H and O–H groups in total. The molecule has 0 aliphatic carbocycles. The maximum absolute atomic E-state index is 11.0. The fourth-order valence-electron chi connectivity index (χ4n) is 1.33. The van der Waals surface area contributed by atoms with Crippen LogP contribution in [0, 0.1) is 11.8 Å². The molecule has 2 heteroatoms. The molecule has 0 saturated carbocycles. The van der Waals surface area contributed by atoms with Gasteiger partial charge in [-0.2, -0.15) is 0 Å². The van der Waals surface area contributed by atoms with Crippen LogP contribution in [0.5, 0.6) is 0 Å². The van der Waals surface area contributed by atoms with Gasteiger partial charge in [0.05, 0.1) is 6.61 Å². The zero-order valence-corrected chi connectivity index (χ0v) is 9.75. The molecule has 0 amide bonds. The molecule has 0 aliphatic rings. The summed E-state index contributed by atoms with van der Waals surface area (Å²) in [4.78, 5) is 11.0. The van der Waals surface area contributed by atoms with Crippen molar-refractivity contribution in [1.29, 1.82) is 0 Å². The van der Waals surface area contributed by atoms with E-state index in [1.807, 2.05) is 13.0 Å². The second-order valence-electron chi connectivity index (χ2n) is 3.74. The second kappa shape index (κ2) is 7.60. The second-order valence-corrected chi connectivity index (χ2v) is 3.74. The first-order valence-electron chi connectivity index (χ1n) is 5.46. The van der Waals surface area contributed by atoms with Crippen molar-refractivity contribution in [2.45, 2.75) is 40.5 Å². The third-order valence-corrected chi connectivity index (χ3v) is 2.46. The number of carbonyl (C=O) groups excluding carboxylic acids is 1. The van der Waals surface area contributed by atoms with E-state index in [1.54, 1.807) is 6.08 Å². The van der Waals surface area contributed by atoms with Gasteiger partial charge in [-0.15, -0.1) is 0 Å². The van der Waals surface area contributed by atoms with Gasteiger partial charge in [-0.1, -0.05) is 39.7 Å². The summed E-state index contributed by atoms with van der Waals surface area (Å²) in [5.74, 6) is 0.841. The molecule has 14 heavy (non-hydrogen) atoms. The Balaban J connectivity index is 3.90. The highest BCUT2D eigenvalue weighted by atomic mass is 16.5. The van der Waals surface area contributed by atoms with Crippen LogP contribution in [0.3, 0.4) is 0 Å². The monoisotopic (exact) mass is 198 g/mol. The Morgan fingerprint density at radius 2 is 2.00 bits per heavy atom. The predicted molar refractivity (Wildman–Crippen MR) is 59.0 cm³/mol. The van der Waals surface area contributed by atoms with E-state index < -0.39 is 0 Å². The summed E-state index contributed by atoms with van der Waals surface area (Å²) >= 11 is 0. The molecule has 0 saturated heterocycles. The molecule has 0 radical (unpaired) electrons. The Bertz CT molecular complexity index is 185. The van der Waals surface area contributed by atoms with E-state index >= 15 is 0 Å². The highest BCUT2D eigenvalue weighted by molar-refractivity contribution is 5.81. The van der Waals surface area contributed by atoms with Crippen molar-refractivity contribution in [2.75, 3.05) is 6.61 Å². The van der Waals surface area contributed by atoms with Crippen LogP contribution in [-0.4, -0.2) is 12.6 Å². The lowest BCUT2D eigenvalue weighted by Gasteiger charge is -2.14. The van der Waals surface area contributed by atoms with Gasteiger partial charge < -0.3 is 4.74 Å². The molecule has 0 aromatic rings. The Morgan fingerprint density at radius 1 is 1.36 bits per heavy atom. The standard InChI is InChI=1S/C12H22O2/c1-5-7-10(3)11(4)8-9-12(13)14-6-2/h8-11H,5-7H2,1-4H3. The van der Waals surface area contributed by atoms with E-state index in [0.717, 1.165) is 0 Å². The Kier molecular flexibility index (Phi) is 7.17. The van der Waals surface area contributed by atoms with Crippen LogP contribution in [0.15, 0.2) is 12.2 Å². The summed E-state index contributed by atoms with van der Waals surface area (Å²) in [6, 6.07) is 0. The molecule has 0 fully saturated rings. The third kappa shape index (κ3) is 5.79. The van der Waals surface area contributed by atoms with Crippen molar-refractivity contribution < 1.29 is 9.53 Å². The normalized spacial score (nSPS) is 15.4. The van der Waals surface area contributed by atoms with Crippen molar-refractivity contribution in [1.82, 2.24) is 0 Å². The minimum absolute atomic E-state index is 0.233. The Labute approximate surface area is 87.3 Å². The van der Waals surface area contributed by atoms with Crippen molar-refractivity contribution >= 4 is 5.97 Å². The molecule has 0 rings (SSSR count). The van der Waals surface area contributed by atoms with Crippen LogP contribution < -0.4 is 0 Å². The van der Waals surface area contributed by atoms with Gasteiger partial charge in [0, 0.05) is 6.08 Å². The zero-order valence-electron chi connectivity index (χ0n) is 9.75. The molecule has 0 spiro atoms. The highest BCUT2D eigenvalue weighted by Crippen LogP contribution is 2.17. The molecule has 2 nitrogen and oxygen atoms in total. The predicted octanol–water partition coefficient (Wildman–Crippen LogP) is 3.18. The van der Waals surface area contributed by atoms with Crippen LogP contribution in [0.25, 0.3) is 0 Å². The highest BCUT2D eigenvalue weighted by Gasteiger charge is 2.08. The molecule has 0 aromatic carbocycles. The van der Waals surface area contributed by atoms with Crippen LogP contribution in [0.1, 0.15) is 40.5 Å². The number of esters is 1. The van der Waals surface area contributed by atoms with E-state index in [4.69, 9.17) is 4.74 Å². The lowest BCUT2D eigenvalue weighted by atomic mass is 9.91. The summed E-state index contributed by atoms with van der Waals surface area (Å²) < 4.78 is 4.81. The van der Waals surface area contributed by atoms with Gasteiger partial charge in [0.25, 0.3) is 0 Å². The van der Waals surface area contributed by atoms with E-state index in [2.05, 4.69) is 20.8 Å². The molecule has 2 atom stereocenters. The maximum atomic E-state index is 11.0. The number of ether oxygens (including phenoxy) is 1. The zero-order chi connectivity index (χ0) is 11.0. The summed E-state index contributed by atoms with van der Waals surface area (Å²) in [6.45, 7) is 8.79. The number of hydrogen-bond donors (Lipinski definition) is 0. The van der Waals surface area contributed by atoms with Crippen LogP contribution in [0.2, 0.25) is 0 Å². The summed E-state index contributed by atoms with van der Waals surface area (Å²) in [7, 11) is 0. The first-order valence-corrected chi connectivity index (χ1v) is 5.46. The average Bonchev–Trinajstić information content (AvgIpc) is 2.15. The van der Waals surface area contributed by atoms with Gasteiger partial charge in [-0.25, -0.2) is 4.79 Å². The number of hydrogen-bond acceptors (Lipinski definition) is 2. The smallest absolute Gasteiger partial charge is 0.330 e. The van der Waals surface area contributed by atoms with Crippen LogP contribution in [0.4, 0.5) is 0 Å². The molecule has 0 aliphatic heterocycles. The summed E-state index contributed by atoms with van der Waals surface area (Å²) in [5, 5.41) is 0. The Morgan fingerprint density at radius 3 is 2.50 bits per heavy atom. The fourth-order valence-corrected chi connectivity index (χ4v) is 1.33. The van der Waals surface area contributed by atoms with Crippen molar-refractivity contribution in [2.24, 2.45) is 11.8 Å². The first-order chi connectivity index (χ1) is 6.61. The third-order valence-electron chi connectivity index (χ3n) is 2.46. The number of rotatable bonds is 6. The number of allylic oxidation sites excluding steroid dienone is 1. The lowest BCUT2D eigenvalue weighted by Crippen LogP contribution is -2.06. The molecular weight excluding hydrogens is 176 g/mol. The van der Waals surface area contributed by atoms with E-state index in [9.17, 15) is 4.79 Å². The quantitative estimate of drug-likeness (QED) is 0.484. The van der Waals surface area contributed by atoms with Gasteiger partial charge in [0.2, 0.25) is 0 Å². The van der Waals surface area contributed by atoms with Crippen LogP contribution >= 0.6 is 0 Å². The molecule has 0 bridgehead atoms. The SMILES string of the molecule is CCCC(C)C(C)C=CC(=O)OCC.